The first-order chi connectivity index (χ1) is 14.9. The van der Waals surface area contributed by atoms with E-state index in [2.05, 4.69) is 44.4 Å². The third-order valence-corrected chi connectivity index (χ3v) is 6.18. The minimum atomic E-state index is 0.0262. The van der Waals surface area contributed by atoms with Gasteiger partial charge in [-0.15, -0.1) is 0 Å². The van der Waals surface area contributed by atoms with Crippen LogP contribution in [0.25, 0.3) is 11.1 Å². The largest absolute Gasteiger partial charge is 0.501 e. The number of urea groups is 1. The molecule has 3 rings (SSSR count). The van der Waals surface area contributed by atoms with Crippen LogP contribution in [0.4, 0.5) is 10.5 Å². The highest BCUT2D eigenvalue weighted by Gasteiger charge is 2.29. The first kappa shape index (κ1) is 22.9. The fourth-order valence-electron chi connectivity index (χ4n) is 4.23. The van der Waals surface area contributed by atoms with E-state index in [1.807, 2.05) is 22.8 Å². The van der Waals surface area contributed by atoms with Crippen molar-refractivity contribution in [1.29, 1.82) is 0 Å². The minimum Gasteiger partial charge on any atom is -0.501 e. The second-order valence-electron chi connectivity index (χ2n) is 8.39. The molecule has 1 fully saturated rings. The first-order valence-corrected chi connectivity index (χ1v) is 11.1. The van der Waals surface area contributed by atoms with Crippen LogP contribution >= 0.6 is 0 Å². The van der Waals surface area contributed by atoms with Crippen LogP contribution in [0.5, 0.6) is 0 Å². The molecule has 5 heteroatoms. The molecular formula is C26H35N3O2. The zero-order chi connectivity index (χ0) is 22.5. The van der Waals surface area contributed by atoms with Gasteiger partial charge in [-0.1, -0.05) is 43.9 Å². The quantitative estimate of drug-likeness (QED) is 0.627. The van der Waals surface area contributed by atoms with Gasteiger partial charge in [0.2, 0.25) is 0 Å². The monoisotopic (exact) mass is 421 g/mol. The van der Waals surface area contributed by atoms with Crippen LogP contribution in [0.1, 0.15) is 44.2 Å². The Morgan fingerprint density at radius 2 is 2.03 bits per heavy atom. The summed E-state index contributed by atoms with van der Waals surface area (Å²) in [5.41, 5.74) is 12.0. The average Bonchev–Trinajstić information content (AvgIpc) is 2.79. The van der Waals surface area contributed by atoms with E-state index >= 15 is 0 Å². The fourth-order valence-corrected chi connectivity index (χ4v) is 4.23. The van der Waals surface area contributed by atoms with Crippen LogP contribution < -0.4 is 10.6 Å². The molecule has 1 unspecified atom stereocenters. The van der Waals surface area contributed by atoms with E-state index in [9.17, 15) is 4.79 Å². The number of hydrogen-bond acceptors (Lipinski definition) is 3. The Labute approximate surface area is 186 Å². The van der Waals surface area contributed by atoms with Crippen LogP contribution in [-0.2, 0) is 4.74 Å². The van der Waals surface area contributed by atoms with Gasteiger partial charge in [0.05, 0.1) is 13.7 Å². The molecular weight excluding hydrogens is 386 g/mol. The summed E-state index contributed by atoms with van der Waals surface area (Å²) < 4.78 is 5.62. The van der Waals surface area contributed by atoms with Gasteiger partial charge in [0.15, 0.2) is 0 Å². The molecule has 166 valence electrons. The van der Waals surface area contributed by atoms with Crippen molar-refractivity contribution in [3.8, 4) is 0 Å². The Morgan fingerprint density at radius 1 is 1.26 bits per heavy atom. The van der Waals surface area contributed by atoms with Crippen molar-refractivity contribution in [2.24, 2.45) is 11.7 Å². The molecule has 1 atom stereocenters. The molecule has 1 heterocycles. The third kappa shape index (κ3) is 4.93. The smallest absolute Gasteiger partial charge is 0.324 e. The summed E-state index contributed by atoms with van der Waals surface area (Å²) >= 11 is 0. The van der Waals surface area contributed by atoms with Crippen molar-refractivity contribution in [2.75, 3.05) is 38.2 Å². The van der Waals surface area contributed by atoms with Crippen molar-refractivity contribution in [3.63, 3.8) is 0 Å². The molecule has 2 aliphatic rings. The Morgan fingerprint density at radius 3 is 2.68 bits per heavy atom. The van der Waals surface area contributed by atoms with Crippen LogP contribution in [0.15, 0.2) is 54.8 Å². The fraction of sp³-hybridized carbons (Fsp3) is 0.423. The summed E-state index contributed by atoms with van der Waals surface area (Å²) in [6.07, 6.45) is 6.78. The Balaban J connectivity index is 1.83. The summed E-state index contributed by atoms with van der Waals surface area (Å²) in [5, 5.41) is 0. The summed E-state index contributed by atoms with van der Waals surface area (Å²) in [6, 6.07) is 6.19. The highest BCUT2D eigenvalue weighted by atomic mass is 16.5. The molecule has 1 aliphatic carbocycles. The predicted octanol–water partition coefficient (Wildman–Crippen LogP) is 5.21. The maximum Gasteiger partial charge on any atom is 0.324 e. The molecule has 5 nitrogen and oxygen atoms in total. The van der Waals surface area contributed by atoms with E-state index in [4.69, 9.17) is 10.5 Å². The average molecular weight is 422 g/mol. The minimum absolute atomic E-state index is 0.0262. The molecule has 1 aromatic carbocycles. The topological polar surface area (TPSA) is 58.8 Å². The van der Waals surface area contributed by atoms with Gasteiger partial charge in [0.25, 0.3) is 0 Å². The Bertz CT molecular complexity index is 929. The zero-order valence-electron chi connectivity index (χ0n) is 19.1. The lowest BCUT2D eigenvalue weighted by atomic mass is 9.94. The highest BCUT2D eigenvalue weighted by Crippen LogP contribution is 2.32. The number of nitrogens with zero attached hydrogens (tertiary/aromatic N) is 2. The number of carbonyl (C=O) groups is 1. The van der Waals surface area contributed by atoms with Gasteiger partial charge in [0, 0.05) is 30.8 Å². The van der Waals surface area contributed by atoms with Crippen LogP contribution in [0.2, 0.25) is 0 Å². The van der Waals surface area contributed by atoms with E-state index in [0.29, 0.717) is 25.6 Å². The Hall–Kier alpha value is -2.79. The van der Waals surface area contributed by atoms with E-state index < -0.39 is 0 Å². The number of ether oxygens (including phenoxy) is 1. The second-order valence-corrected chi connectivity index (χ2v) is 8.39. The predicted molar refractivity (Wildman–Crippen MR) is 130 cm³/mol. The maximum absolute atomic E-state index is 13.4. The number of benzene rings is 1. The number of anilines is 1. The number of allylic oxidation sites excluding steroid dienone is 3. The zero-order valence-corrected chi connectivity index (χ0v) is 19.1. The summed E-state index contributed by atoms with van der Waals surface area (Å²) in [7, 11) is 1.69. The normalized spacial score (nSPS) is 19.1. The van der Waals surface area contributed by atoms with Gasteiger partial charge in [-0.2, -0.15) is 0 Å². The highest BCUT2D eigenvalue weighted by molar-refractivity contribution is 5.94. The van der Waals surface area contributed by atoms with Gasteiger partial charge >= 0.3 is 6.03 Å². The molecule has 1 saturated heterocycles. The van der Waals surface area contributed by atoms with Crippen molar-refractivity contribution < 1.29 is 9.53 Å². The molecule has 1 aliphatic heterocycles. The molecule has 1 aromatic rings. The van der Waals surface area contributed by atoms with Gasteiger partial charge < -0.3 is 15.4 Å². The number of carbonyl (C=O) groups excluding carboxylic acids is 1. The van der Waals surface area contributed by atoms with E-state index in [1.54, 1.807) is 7.11 Å². The molecule has 0 bridgehead atoms. The van der Waals surface area contributed by atoms with Crippen molar-refractivity contribution >= 4 is 22.9 Å². The summed E-state index contributed by atoms with van der Waals surface area (Å²) in [6.45, 7) is 15.0. The van der Waals surface area contributed by atoms with E-state index in [-0.39, 0.29) is 6.03 Å². The first-order valence-electron chi connectivity index (χ1n) is 11.1. The lowest BCUT2D eigenvalue weighted by Crippen LogP contribution is -2.50. The standard InChI is InChI=1S/C26H35N3O2/c1-6-19(4)23-11-10-22(15-24(23)18(2)3)29-13-7-12-28(26(29)30)17-21-9-8-20(16-27)14-25(21)31-5/h8-11,15,20H,2,4,6-7,12-14,16-17,27H2,1,3,5H3. The van der Waals surface area contributed by atoms with Gasteiger partial charge in [0.1, 0.15) is 5.76 Å². The Kier molecular flexibility index (Phi) is 7.39. The van der Waals surface area contributed by atoms with Crippen LogP contribution in [0.3, 0.4) is 0 Å². The summed E-state index contributed by atoms with van der Waals surface area (Å²) in [4.78, 5) is 17.2. The lowest BCUT2D eigenvalue weighted by molar-refractivity contribution is 0.198. The molecule has 2 N–H and O–H groups in total. The molecule has 0 saturated carbocycles. The number of rotatable bonds is 8. The van der Waals surface area contributed by atoms with E-state index in [0.717, 1.165) is 65.1 Å². The number of amides is 2. The number of nitrogens with two attached hydrogens (primary N) is 1. The van der Waals surface area contributed by atoms with Crippen LogP contribution in [-0.4, -0.2) is 44.2 Å². The van der Waals surface area contributed by atoms with Crippen molar-refractivity contribution in [3.05, 3.63) is 66.0 Å². The van der Waals surface area contributed by atoms with Crippen molar-refractivity contribution in [2.45, 2.75) is 33.1 Å². The lowest BCUT2D eigenvalue weighted by Gasteiger charge is -2.37. The van der Waals surface area contributed by atoms with Gasteiger partial charge in [-0.3, -0.25) is 4.90 Å². The summed E-state index contributed by atoms with van der Waals surface area (Å²) in [5.74, 6) is 1.22. The van der Waals surface area contributed by atoms with Crippen LogP contribution in [0, 0.1) is 5.92 Å². The second kappa shape index (κ2) is 10.0. The van der Waals surface area contributed by atoms with Gasteiger partial charge in [-0.05, 0) is 61.1 Å². The van der Waals surface area contributed by atoms with Crippen molar-refractivity contribution in [1.82, 2.24) is 4.90 Å². The third-order valence-electron chi connectivity index (χ3n) is 6.18. The molecule has 2 amide bonds. The number of methoxy groups -OCH3 is 1. The molecule has 31 heavy (non-hydrogen) atoms. The SMILES string of the molecule is C=C(C)c1cc(N2CCCN(CC3=C(OC)CC(CN)C=C3)C2=O)ccc1C(=C)CC. The molecule has 0 aromatic heterocycles. The van der Waals surface area contributed by atoms with E-state index in [1.165, 1.54) is 0 Å². The molecule has 0 radical (unpaired) electrons. The van der Waals surface area contributed by atoms with Gasteiger partial charge in [-0.25, -0.2) is 4.79 Å². The number of hydrogen-bond donors (Lipinski definition) is 1. The maximum atomic E-state index is 13.4. The molecule has 0 spiro atoms.